The minimum Gasteiger partial charge on any atom is -0.444 e. The molecule has 0 saturated carbocycles. The molecule has 1 saturated heterocycles. The zero-order valence-electron chi connectivity index (χ0n) is 22.1. The molecule has 0 radical (unpaired) electrons. The molecular weight excluding hydrogens is 478 g/mol. The molecule has 0 aliphatic carbocycles. The number of aromatic nitrogens is 4. The Kier molecular flexibility index (Phi) is 7.05. The van der Waals surface area contributed by atoms with Crippen LogP contribution in [-0.2, 0) is 17.8 Å². The maximum absolute atomic E-state index is 13.3. The van der Waals surface area contributed by atoms with Crippen molar-refractivity contribution in [1.82, 2.24) is 24.5 Å². The lowest BCUT2D eigenvalue weighted by Crippen LogP contribution is -2.37. The topological polar surface area (TPSA) is 117 Å². The minimum atomic E-state index is -0.596. The van der Waals surface area contributed by atoms with Crippen LogP contribution in [0.5, 0.6) is 0 Å². The minimum absolute atomic E-state index is 0.0324. The fourth-order valence-electron chi connectivity index (χ4n) is 4.88. The maximum atomic E-state index is 13.3. The van der Waals surface area contributed by atoms with Crippen LogP contribution in [0.3, 0.4) is 0 Å². The molecule has 38 heavy (non-hydrogen) atoms. The highest BCUT2D eigenvalue weighted by atomic mass is 16.6. The number of rotatable bonds is 6. The molecule has 4 N–H and O–H groups in total. The van der Waals surface area contributed by atoms with E-state index in [1.807, 2.05) is 103 Å². The summed E-state index contributed by atoms with van der Waals surface area (Å²) in [5, 5.41) is 9.80. The second-order valence-electron chi connectivity index (χ2n) is 10.6. The van der Waals surface area contributed by atoms with E-state index in [1.165, 1.54) is 0 Å². The van der Waals surface area contributed by atoms with Gasteiger partial charge in [0.15, 0.2) is 0 Å². The van der Waals surface area contributed by atoms with Crippen molar-refractivity contribution in [3.8, 4) is 11.4 Å². The van der Waals surface area contributed by atoms with E-state index in [9.17, 15) is 4.79 Å². The number of carbonyl (C=O) groups excluding carboxylic acids is 1. The summed E-state index contributed by atoms with van der Waals surface area (Å²) in [5.74, 6) is -0.0324. The number of likely N-dealkylation sites (tertiary alicyclic amines) is 1. The van der Waals surface area contributed by atoms with Crippen molar-refractivity contribution >= 4 is 6.09 Å². The second-order valence-corrected chi connectivity index (χ2v) is 10.6. The third-order valence-electron chi connectivity index (χ3n) is 6.80. The molecule has 2 unspecified atom stereocenters. The van der Waals surface area contributed by atoms with Crippen molar-refractivity contribution in [2.75, 3.05) is 6.54 Å². The van der Waals surface area contributed by atoms with Gasteiger partial charge in [-0.3, -0.25) is 4.90 Å². The zero-order chi connectivity index (χ0) is 26.9. The van der Waals surface area contributed by atoms with Gasteiger partial charge in [-0.1, -0.05) is 24.3 Å². The third kappa shape index (κ3) is 5.34. The van der Waals surface area contributed by atoms with E-state index in [0.717, 1.165) is 40.3 Å². The first-order valence-corrected chi connectivity index (χ1v) is 13.0. The molecule has 2 aromatic carbocycles. The van der Waals surface area contributed by atoms with Gasteiger partial charge >= 0.3 is 6.09 Å². The highest BCUT2D eigenvalue weighted by Gasteiger charge is 2.43. The second kappa shape index (κ2) is 10.4. The molecule has 9 nitrogen and oxygen atoms in total. The van der Waals surface area contributed by atoms with Crippen LogP contribution >= 0.6 is 0 Å². The number of carbonyl (C=O) groups is 1. The quantitative estimate of drug-likeness (QED) is 0.394. The summed E-state index contributed by atoms with van der Waals surface area (Å²) < 4.78 is 9.47. The molecule has 198 valence electrons. The maximum Gasteiger partial charge on any atom is 0.410 e. The SMILES string of the molecule is CC(C)(C)OC(=O)N1CCC(c2ccn(-c3ccc(CN)cc3)n2)C1c1ccn(-c2ccc(CN)cc2)n1. The Morgan fingerprint density at radius 2 is 1.34 bits per heavy atom. The van der Waals surface area contributed by atoms with E-state index in [-0.39, 0.29) is 18.1 Å². The summed E-state index contributed by atoms with van der Waals surface area (Å²) >= 11 is 0. The lowest BCUT2D eigenvalue weighted by Gasteiger charge is -2.29. The first-order valence-electron chi connectivity index (χ1n) is 13.0. The van der Waals surface area contributed by atoms with Crippen LogP contribution in [0.1, 0.15) is 61.7 Å². The highest BCUT2D eigenvalue weighted by Crippen LogP contribution is 2.43. The number of nitrogens with two attached hydrogens (primary N) is 2. The summed E-state index contributed by atoms with van der Waals surface area (Å²) in [6.07, 6.45) is 4.29. The first-order chi connectivity index (χ1) is 18.3. The van der Waals surface area contributed by atoms with E-state index >= 15 is 0 Å². The Balaban J connectivity index is 1.47. The average Bonchev–Trinajstić information content (AvgIpc) is 3.67. The monoisotopic (exact) mass is 513 g/mol. The van der Waals surface area contributed by atoms with Gasteiger partial charge in [-0.25, -0.2) is 14.2 Å². The fraction of sp³-hybridized carbons (Fsp3) is 0.345. The van der Waals surface area contributed by atoms with Gasteiger partial charge in [0, 0.05) is 37.9 Å². The summed E-state index contributed by atoms with van der Waals surface area (Å²) in [6.45, 7) is 7.18. The molecule has 0 bridgehead atoms. The van der Waals surface area contributed by atoms with Gasteiger partial charge in [0.1, 0.15) is 5.60 Å². The van der Waals surface area contributed by atoms with Crippen LogP contribution in [0.4, 0.5) is 4.79 Å². The van der Waals surface area contributed by atoms with Crippen molar-refractivity contribution in [3.63, 3.8) is 0 Å². The van der Waals surface area contributed by atoms with Crippen molar-refractivity contribution in [1.29, 1.82) is 0 Å². The van der Waals surface area contributed by atoms with Gasteiger partial charge in [-0.2, -0.15) is 10.2 Å². The molecule has 5 rings (SSSR count). The molecule has 4 aromatic rings. The summed E-state index contributed by atoms with van der Waals surface area (Å²) in [6, 6.07) is 19.7. The van der Waals surface area contributed by atoms with Crippen molar-refractivity contribution in [3.05, 3.63) is 95.6 Å². The average molecular weight is 514 g/mol. The number of benzene rings is 2. The molecule has 0 spiro atoms. The fourth-order valence-corrected chi connectivity index (χ4v) is 4.88. The van der Waals surface area contributed by atoms with Gasteiger partial charge in [0.2, 0.25) is 0 Å². The Morgan fingerprint density at radius 3 is 1.84 bits per heavy atom. The molecule has 1 amide bonds. The third-order valence-corrected chi connectivity index (χ3v) is 6.80. The predicted octanol–water partition coefficient (Wildman–Crippen LogP) is 4.44. The van der Waals surface area contributed by atoms with Gasteiger partial charge in [-0.15, -0.1) is 0 Å². The number of hydrogen-bond donors (Lipinski definition) is 2. The number of nitrogens with zero attached hydrogens (tertiary/aromatic N) is 5. The van der Waals surface area contributed by atoms with Crippen LogP contribution in [0, 0.1) is 0 Å². The van der Waals surface area contributed by atoms with Gasteiger partial charge < -0.3 is 16.2 Å². The van der Waals surface area contributed by atoms with E-state index in [2.05, 4.69) is 0 Å². The van der Waals surface area contributed by atoms with Crippen molar-refractivity contribution in [2.24, 2.45) is 11.5 Å². The van der Waals surface area contributed by atoms with Gasteiger partial charge in [-0.05, 0) is 74.7 Å². The highest BCUT2D eigenvalue weighted by molar-refractivity contribution is 5.69. The molecule has 2 aromatic heterocycles. The zero-order valence-corrected chi connectivity index (χ0v) is 22.1. The largest absolute Gasteiger partial charge is 0.444 e. The van der Waals surface area contributed by atoms with E-state index in [4.69, 9.17) is 26.4 Å². The standard InChI is InChI=1S/C29H35N7O2/c1-29(2,3)38-28(37)34-15-12-24(25-13-16-35(32-25)22-8-4-20(18-30)5-9-22)27(34)26-14-17-36(33-26)23-10-6-21(19-31)7-11-23/h4-11,13-14,16-17,24,27H,12,15,18-19,30-31H2,1-3H3. The molecule has 2 atom stereocenters. The van der Waals surface area contributed by atoms with Crippen LogP contribution in [-0.4, -0.2) is 42.7 Å². The summed E-state index contributed by atoms with van der Waals surface area (Å²) in [5.41, 5.74) is 16.6. The normalized spacial score (nSPS) is 17.7. The lowest BCUT2D eigenvalue weighted by atomic mass is 9.94. The predicted molar refractivity (Wildman–Crippen MR) is 146 cm³/mol. The Morgan fingerprint density at radius 1 is 0.842 bits per heavy atom. The Labute approximate surface area is 223 Å². The van der Waals surface area contributed by atoms with Crippen molar-refractivity contribution in [2.45, 2.75) is 57.8 Å². The Bertz CT molecular complexity index is 1380. The van der Waals surface area contributed by atoms with Crippen LogP contribution < -0.4 is 11.5 Å². The lowest BCUT2D eigenvalue weighted by molar-refractivity contribution is 0.0213. The van der Waals surface area contributed by atoms with Gasteiger partial charge in [0.25, 0.3) is 0 Å². The van der Waals surface area contributed by atoms with E-state index in [1.54, 1.807) is 4.90 Å². The first kappa shape index (κ1) is 25.7. The van der Waals surface area contributed by atoms with Crippen molar-refractivity contribution < 1.29 is 9.53 Å². The van der Waals surface area contributed by atoms with Crippen LogP contribution in [0.2, 0.25) is 0 Å². The van der Waals surface area contributed by atoms with E-state index in [0.29, 0.717) is 19.6 Å². The van der Waals surface area contributed by atoms with Gasteiger partial charge in [0.05, 0.1) is 28.8 Å². The van der Waals surface area contributed by atoms with Crippen LogP contribution in [0.15, 0.2) is 73.1 Å². The Hall–Kier alpha value is -3.95. The number of ether oxygens (including phenoxy) is 1. The molecule has 1 aliphatic rings. The molecule has 1 fully saturated rings. The van der Waals surface area contributed by atoms with Crippen LogP contribution in [0.25, 0.3) is 11.4 Å². The molecule has 3 heterocycles. The smallest absolute Gasteiger partial charge is 0.410 e. The molecular formula is C29H35N7O2. The number of hydrogen-bond acceptors (Lipinski definition) is 6. The summed E-state index contributed by atoms with van der Waals surface area (Å²) in [4.78, 5) is 15.1. The van der Waals surface area contributed by atoms with E-state index < -0.39 is 5.60 Å². The molecule has 1 aliphatic heterocycles. The summed E-state index contributed by atoms with van der Waals surface area (Å²) in [7, 11) is 0. The molecule has 9 heteroatoms. The number of amides is 1.